The van der Waals surface area contributed by atoms with Crippen LogP contribution in [0.1, 0.15) is 0 Å². The third-order valence-electron chi connectivity index (χ3n) is 2.25. The van der Waals surface area contributed by atoms with Crippen molar-refractivity contribution in [1.29, 1.82) is 0 Å². The lowest BCUT2D eigenvalue weighted by Crippen LogP contribution is -2.04. The molecule has 6 heteroatoms. The minimum atomic E-state index is -0.0240. The molecule has 2 aromatic rings. The van der Waals surface area contributed by atoms with Gasteiger partial charge in [0.25, 0.3) is 0 Å². The number of phenols is 1. The van der Waals surface area contributed by atoms with Crippen LogP contribution in [0.4, 0.5) is 17.1 Å². The van der Waals surface area contributed by atoms with E-state index in [0.717, 1.165) is 0 Å². The summed E-state index contributed by atoms with van der Waals surface area (Å²) in [4.78, 5) is 0. The number of ether oxygens (including phenoxy) is 1. The third-order valence-corrected chi connectivity index (χ3v) is 2.25. The van der Waals surface area contributed by atoms with E-state index in [2.05, 4.69) is 0 Å². The predicted molar refractivity (Wildman–Crippen MR) is 80.4 cm³/mol. The number of hydrogen-bond donors (Lipinski definition) is 5. The number of rotatable bonds is 3. The summed E-state index contributed by atoms with van der Waals surface area (Å²) in [6, 6.07) is 11.5. The van der Waals surface area contributed by atoms with E-state index < -0.39 is 0 Å². The van der Waals surface area contributed by atoms with Crippen LogP contribution in [0.15, 0.2) is 42.5 Å². The van der Waals surface area contributed by atoms with Crippen molar-refractivity contribution < 1.29 is 14.9 Å². The Morgan fingerprint density at radius 2 is 1.65 bits per heavy atom. The average molecular weight is 277 g/mol. The summed E-state index contributed by atoms with van der Waals surface area (Å²) < 4.78 is 5.11. The smallest absolute Gasteiger partial charge is 0.142 e. The molecule has 0 saturated heterocycles. The Labute approximate surface area is 117 Å². The van der Waals surface area contributed by atoms with Crippen molar-refractivity contribution in [2.75, 3.05) is 30.4 Å². The molecule has 0 heterocycles. The largest absolute Gasteiger partial charge is 0.508 e. The van der Waals surface area contributed by atoms with Crippen LogP contribution in [0.2, 0.25) is 0 Å². The number of nitrogens with two attached hydrogens (primary N) is 3. The maximum Gasteiger partial charge on any atom is 0.142 e. The van der Waals surface area contributed by atoms with Crippen LogP contribution in [0, 0.1) is 0 Å². The summed E-state index contributed by atoms with van der Waals surface area (Å²) in [6.07, 6.45) is 0. The van der Waals surface area contributed by atoms with Crippen LogP contribution in [0.5, 0.6) is 11.5 Å². The average Bonchev–Trinajstić information content (AvgIpc) is 2.38. The molecule has 0 atom stereocenters. The Morgan fingerprint density at radius 1 is 0.950 bits per heavy atom. The summed E-state index contributed by atoms with van der Waals surface area (Å²) in [7, 11) is 0. The maximum absolute atomic E-state index is 8.73. The van der Waals surface area contributed by atoms with Gasteiger partial charge in [-0.2, -0.15) is 0 Å². The highest BCUT2D eigenvalue weighted by atomic mass is 16.5. The molecule has 0 unspecified atom stereocenters. The highest BCUT2D eigenvalue weighted by molar-refractivity contribution is 5.60. The van der Waals surface area contributed by atoms with Gasteiger partial charge in [0.2, 0.25) is 0 Å². The van der Waals surface area contributed by atoms with Gasteiger partial charge in [-0.3, -0.25) is 0 Å². The van der Waals surface area contributed by atoms with Crippen molar-refractivity contribution in [3.63, 3.8) is 0 Å². The van der Waals surface area contributed by atoms with E-state index in [0.29, 0.717) is 22.8 Å². The summed E-state index contributed by atoms with van der Waals surface area (Å²) in [6.45, 7) is 0.220. The molecular weight excluding hydrogens is 258 g/mol. The first kappa shape index (κ1) is 15.5. The number of hydrogen-bond acceptors (Lipinski definition) is 6. The van der Waals surface area contributed by atoms with Crippen LogP contribution < -0.4 is 21.9 Å². The fourth-order valence-electron chi connectivity index (χ4n) is 1.38. The zero-order valence-electron chi connectivity index (χ0n) is 11.0. The summed E-state index contributed by atoms with van der Waals surface area (Å²) in [5, 5.41) is 17.2. The molecule has 0 amide bonds. The fraction of sp³-hybridized carbons (Fsp3) is 0.143. The van der Waals surface area contributed by atoms with E-state index >= 15 is 0 Å². The minimum Gasteiger partial charge on any atom is -0.508 e. The van der Waals surface area contributed by atoms with Crippen LogP contribution in [0.25, 0.3) is 0 Å². The van der Waals surface area contributed by atoms with E-state index in [-0.39, 0.29) is 19.0 Å². The van der Waals surface area contributed by atoms with Crippen molar-refractivity contribution in [2.24, 2.45) is 0 Å². The molecule has 0 aliphatic rings. The highest BCUT2D eigenvalue weighted by Crippen LogP contribution is 2.23. The van der Waals surface area contributed by atoms with Crippen molar-refractivity contribution in [3.05, 3.63) is 42.5 Å². The molecule has 0 aromatic heterocycles. The highest BCUT2D eigenvalue weighted by Gasteiger charge is 1.98. The molecule has 0 aliphatic heterocycles. The molecule has 6 nitrogen and oxygen atoms in total. The first-order valence-corrected chi connectivity index (χ1v) is 5.96. The van der Waals surface area contributed by atoms with Gasteiger partial charge in [-0.15, -0.1) is 0 Å². The first-order chi connectivity index (χ1) is 9.52. The molecule has 8 N–H and O–H groups in total. The monoisotopic (exact) mass is 277 g/mol. The lowest BCUT2D eigenvalue weighted by Gasteiger charge is -2.07. The van der Waals surface area contributed by atoms with Crippen LogP contribution in [-0.4, -0.2) is 23.4 Å². The molecule has 20 heavy (non-hydrogen) atoms. The normalized spacial score (nSPS) is 9.45. The molecule has 108 valence electrons. The number of aromatic hydroxyl groups is 1. The second-order valence-corrected chi connectivity index (χ2v) is 3.96. The van der Waals surface area contributed by atoms with Crippen molar-refractivity contribution in [2.45, 2.75) is 0 Å². The number of anilines is 3. The second kappa shape index (κ2) is 7.75. The summed E-state index contributed by atoms with van der Waals surface area (Å²) >= 11 is 0. The van der Waals surface area contributed by atoms with Gasteiger partial charge < -0.3 is 32.2 Å². The molecule has 0 saturated carbocycles. The predicted octanol–water partition coefficient (Wildman–Crippen LogP) is 1.20. The van der Waals surface area contributed by atoms with E-state index in [1.54, 1.807) is 36.4 Å². The first-order valence-electron chi connectivity index (χ1n) is 5.96. The van der Waals surface area contributed by atoms with Gasteiger partial charge in [0, 0.05) is 17.4 Å². The maximum atomic E-state index is 8.73. The SMILES string of the molecule is Nc1ccc(OCCO)c(N)c1.Nc1cccc(O)c1. The van der Waals surface area contributed by atoms with Crippen molar-refractivity contribution in [3.8, 4) is 11.5 Å². The Balaban J connectivity index is 0.000000217. The van der Waals surface area contributed by atoms with Gasteiger partial charge in [0.05, 0.1) is 12.3 Å². The van der Waals surface area contributed by atoms with Crippen LogP contribution >= 0.6 is 0 Å². The molecule has 0 aliphatic carbocycles. The quantitative estimate of drug-likeness (QED) is 0.536. The number of aliphatic hydroxyl groups is 1. The number of phenolic OH excluding ortho intramolecular Hbond substituents is 1. The topological polar surface area (TPSA) is 128 Å². The van der Waals surface area contributed by atoms with Gasteiger partial charge in [-0.25, -0.2) is 0 Å². The van der Waals surface area contributed by atoms with E-state index in [1.807, 2.05) is 0 Å². The Morgan fingerprint density at radius 3 is 2.15 bits per heavy atom. The lowest BCUT2D eigenvalue weighted by atomic mass is 10.2. The molecule has 0 bridgehead atoms. The third kappa shape index (κ3) is 5.36. The second-order valence-electron chi connectivity index (χ2n) is 3.96. The van der Waals surface area contributed by atoms with Gasteiger partial charge in [-0.1, -0.05) is 6.07 Å². The van der Waals surface area contributed by atoms with Crippen molar-refractivity contribution >= 4 is 17.1 Å². The van der Waals surface area contributed by atoms with E-state index in [4.69, 9.17) is 32.2 Å². The molecule has 0 spiro atoms. The molecule has 2 rings (SSSR count). The number of nitrogen functional groups attached to an aromatic ring is 3. The summed E-state index contributed by atoms with van der Waals surface area (Å²) in [5.74, 6) is 0.767. The molecule has 2 aromatic carbocycles. The van der Waals surface area contributed by atoms with Gasteiger partial charge in [0.1, 0.15) is 18.1 Å². The zero-order chi connectivity index (χ0) is 15.0. The van der Waals surface area contributed by atoms with Gasteiger partial charge >= 0.3 is 0 Å². The van der Waals surface area contributed by atoms with Crippen molar-refractivity contribution in [1.82, 2.24) is 0 Å². The number of benzene rings is 2. The number of aliphatic hydroxyl groups excluding tert-OH is 1. The van der Waals surface area contributed by atoms with E-state index in [1.165, 1.54) is 6.07 Å². The fourth-order valence-corrected chi connectivity index (χ4v) is 1.38. The Hall–Kier alpha value is -2.60. The van der Waals surface area contributed by atoms with Gasteiger partial charge in [-0.05, 0) is 30.3 Å². The van der Waals surface area contributed by atoms with Crippen LogP contribution in [0.3, 0.4) is 0 Å². The molecule has 0 fully saturated rings. The molecule has 0 radical (unpaired) electrons. The molecular formula is C14H19N3O3. The lowest BCUT2D eigenvalue weighted by molar-refractivity contribution is 0.202. The van der Waals surface area contributed by atoms with E-state index in [9.17, 15) is 0 Å². The van der Waals surface area contributed by atoms with Gasteiger partial charge in [0.15, 0.2) is 0 Å². The Bertz CT molecular complexity index is 530. The zero-order valence-corrected chi connectivity index (χ0v) is 11.0. The Kier molecular flexibility index (Phi) is 5.99. The standard InChI is InChI=1S/C8H12N2O2.C6H7NO/c9-6-1-2-8(7(10)5-6)12-4-3-11;7-5-2-1-3-6(8)4-5/h1-2,5,11H,3-4,9-10H2;1-4,8H,7H2. The van der Waals surface area contributed by atoms with Crippen LogP contribution in [-0.2, 0) is 0 Å². The summed E-state index contributed by atoms with van der Waals surface area (Å²) in [5.41, 5.74) is 18.0. The minimum absolute atomic E-state index is 0.0240.